The molecule has 2 N–H and O–H groups in total. The Kier molecular flexibility index (Phi) is 4.47. The molecule has 7 heteroatoms. The molecule has 3 rings (SSSR count). The van der Waals surface area contributed by atoms with Gasteiger partial charge in [0.05, 0.1) is 25.4 Å². The van der Waals surface area contributed by atoms with Gasteiger partial charge in [-0.3, -0.25) is 20.4 Å². The number of ether oxygens (including phenoxy) is 1. The van der Waals surface area contributed by atoms with E-state index in [4.69, 9.17) is 13.6 Å². The van der Waals surface area contributed by atoms with Crippen molar-refractivity contribution in [3.8, 4) is 5.75 Å². The molecule has 0 aliphatic rings. The topological polar surface area (TPSA) is 93.7 Å². The van der Waals surface area contributed by atoms with Gasteiger partial charge in [0.25, 0.3) is 5.91 Å². The highest BCUT2D eigenvalue weighted by atomic mass is 16.5. The summed E-state index contributed by atoms with van der Waals surface area (Å²) >= 11 is 0. The van der Waals surface area contributed by atoms with Crippen molar-refractivity contribution >= 4 is 22.8 Å². The smallest absolute Gasteiger partial charge is 0.273 e. The molecule has 1 aromatic carbocycles. The first-order valence-electron chi connectivity index (χ1n) is 7.68. The van der Waals surface area contributed by atoms with Gasteiger partial charge in [0.1, 0.15) is 22.9 Å². The molecule has 0 radical (unpaired) electrons. The van der Waals surface area contributed by atoms with Crippen LogP contribution >= 0.6 is 0 Å². The van der Waals surface area contributed by atoms with E-state index in [2.05, 4.69) is 10.9 Å². The number of carbonyl (C=O) groups is 2. The molecule has 2 heterocycles. The van der Waals surface area contributed by atoms with E-state index in [1.807, 2.05) is 6.07 Å². The van der Waals surface area contributed by atoms with E-state index in [1.54, 1.807) is 39.2 Å². The molecule has 0 spiro atoms. The molecule has 0 saturated carbocycles. The molecule has 0 fully saturated rings. The SMILES string of the molecule is COc1ccc2c(CC(=O)NNC(=O)c3cc(C)oc3C)coc2c1. The third-order valence-electron chi connectivity index (χ3n) is 3.81. The molecule has 0 aliphatic carbocycles. The first kappa shape index (κ1) is 16.6. The zero-order valence-electron chi connectivity index (χ0n) is 14.1. The third kappa shape index (κ3) is 3.50. The maximum atomic E-state index is 12.1. The Balaban J connectivity index is 1.63. The highest BCUT2D eigenvalue weighted by Gasteiger charge is 2.15. The van der Waals surface area contributed by atoms with E-state index >= 15 is 0 Å². The lowest BCUT2D eigenvalue weighted by atomic mass is 10.1. The Morgan fingerprint density at radius 1 is 1.16 bits per heavy atom. The van der Waals surface area contributed by atoms with Crippen LogP contribution in [0.2, 0.25) is 0 Å². The van der Waals surface area contributed by atoms with Crippen molar-refractivity contribution in [1.82, 2.24) is 10.9 Å². The fourth-order valence-electron chi connectivity index (χ4n) is 2.59. The minimum absolute atomic E-state index is 0.0724. The third-order valence-corrected chi connectivity index (χ3v) is 3.81. The molecule has 0 saturated heterocycles. The van der Waals surface area contributed by atoms with Gasteiger partial charge in [-0.2, -0.15) is 0 Å². The number of hydrogen-bond acceptors (Lipinski definition) is 5. The average molecular weight is 342 g/mol. The second kappa shape index (κ2) is 6.72. The molecule has 2 amide bonds. The van der Waals surface area contributed by atoms with E-state index in [0.717, 1.165) is 10.9 Å². The first-order chi connectivity index (χ1) is 12.0. The van der Waals surface area contributed by atoms with Crippen LogP contribution in [0.4, 0.5) is 0 Å². The van der Waals surface area contributed by atoms with Gasteiger partial charge in [-0.25, -0.2) is 0 Å². The van der Waals surface area contributed by atoms with Gasteiger partial charge in [0, 0.05) is 17.0 Å². The number of hydrazine groups is 1. The van der Waals surface area contributed by atoms with Crippen molar-refractivity contribution in [3.05, 3.63) is 53.2 Å². The summed E-state index contributed by atoms with van der Waals surface area (Å²) in [5.41, 5.74) is 6.52. The summed E-state index contributed by atoms with van der Waals surface area (Å²) in [5, 5.41) is 0.823. The fraction of sp³-hybridized carbons (Fsp3) is 0.222. The summed E-state index contributed by atoms with van der Waals surface area (Å²) in [6.07, 6.45) is 1.60. The van der Waals surface area contributed by atoms with Gasteiger partial charge in [0.2, 0.25) is 5.91 Å². The number of carbonyl (C=O) groups excluding carboxylic acids is 2. The minimum atomic E-state index is -0.426. The van der Waals surface area contributed by atoms with Gasteiger partial charge >= 0.3 is 0 Å². The predicted octanol–water partition coefficient (Wildman–Crippen LogP) is 2.65. The standard InChI is InChI=1S/C18H18N2O5/c1-10-6-15(11(2)25-10)18(22)20-19-17(21)7-12-9-24-16-8-13(23-3)4-5-14(12)16/h4-6,8-9H,7H2,1-3H3,(H,19,21)(H,20,22). The summed E-state index contributed by atoms with van der Waals surface area (Å²) in [5.74, 6) is 1.03. The van der Waals surface area contributed by atoms with Gasteiger partial charge in [-0.05, 0) is 32.0 Å². The molecule has 25 heavy (non-hydrogen) atoms. The summed E-state index contributed by atoms with van der Waals surface area (Å²) < 4.78 is 15.9. The Bertz CT molecular complexity index is 938. The monoisotopic (exact) mass is 342 g/mol. The maximum absolute atomic E-state index is 12.1. The molecule has 7 nitrogen and oxygen atoms in total. The molecule has 130 valence electrons. The van der Waals surface area contributed by atoms with Crippen LogP contribution in [0.1, 0.15) is 27.4 Å². The Labute approximate surface area is 143 Å². The number of fused-ring (bicyclic) bond motifs is 1. The number of amides is 2. The molecule has 0 aliphatic heterocycles. The van der Waals surface area contributed by atoms with Crippen LogP contribution in [0.15, 0.2) is 39.4 Å². The highest BCUT2D eigenvalue weighted by Crippen LogP contribution is 2.25. The zero-order valence-corrected chi connectivity index (χ0v) is 14.1. The van der Waals surface area contributed by atoms with Crippen LogP contribution in [-0.2, 0) is 11.2 Å². The molecular formula is C18H18N2O5. The summed E-state index contributed by atoms with van der Waals surface area (Å²) in [6, 6.07) is 7.00. The summed E-state index contributed by atoms with van der Waals surface area (Å²) in [6.45, 7) is 3.44. The molecule has 3 aromatic rings. The number of furan rings is 2. The van der Waals surface area contributed by atoms with Crippen molar-refractivity contribution in [2.45, 2.75) is 20.3 Å². The van der Waals surface area contributed by atoms with Gasteiger partial charge in [-0.1, -0.05) is 0 Å². The summed E-state index contributed by atoms with van der Waals surface area (Å²) in [7, 11) is 1.57. The largest absolute Gasteiger partial charge is 0.497 e. The van der Waals surface area contributed by atoms with E-state index in [9.17, 15) is 9.59 Å². The van der Waals surface area contributed by atoms with Crippen molar-refractivity contribution < 1.29 is 23.2 Å². The molecule has 0 bridgehead atoms. The van der Waals surface area contributed by atoms with E-state index in [-0.39, 0.29) is 12.3 Å². The van der Waals surface area contributed by atoms with Crippen LogP contribution in [0.5, 0.6) is 5.75 Å². The van der Waals surface area contributed by atoms with E-state index in [0.29, 0.717) is 28.4 Å². The van der Waals surface area contributed by atoms with Crippen molar-refractivity contribution in [2.24, 2.45) is 0 Å². The average Bonchev–Trinajstić information content (AvgIpc) is 3.14. The van der Waals surface area contributed by atoms with Crippen LogP contribution < -0.4 is 15.6 Å². The molecule has 0 atom stereocenters. The number of benzene rings is 1. The van der Waals surface area contributed by atoms with E-state index in [1.165, 1.54) is 6.26 Å². The van der Waals surface area contributed by atoms with Crippen molar-refractivity contribution in [1.29, 1.82) is 0 Å². The molecule has 0 unspecified atom stereocenters. The van der Waals surface area contributed by atoms with Gasteiger partial charge < -0.3 is 13.6 Å². The minimum Gasteiger partial charge on any atom is -0.497 e. The van der Waals surface area contributed by atoms with Crippen LogP contribution in [0, 0.1) is 13.8 Å². The Morgan fingerprint density at radius 2 is 1.96 bits per heavy atom. The molecular weight excluding hydrogens is 324 g/mol. The zero-order chi connectivity index (χ0) is 18.0. The second-order valence-electron chi connectivity index (χ2n) is 5.63. The summed E-state index contributed by atoms with van der Waals surface area (Å²) in [4.78, 5) is 24.1. The van der Waals surface area contributed by atoms with E-state index < -0.39 is 5.91 Å². The predicted molar refractivity (Wildman–Crippen MR) is 90.3 cm³/mol. The number of nitrogens with one attached hydrogen (secondary N) is 2. The van der Waals surface area contributed by atoms with Crippen molar-refractivity contribution in [3.63, 3.8) is 0 Å². The maximum Gasteiger partial charge on any atom is 0.273 e. The van der Waals surface area contributed by atoms with Crippen molar-refractivity contribution in [2.75, 3.05) is 7.11 Å². The fourth-order valence-corrected chi connectivity index (χ4v) is 2.59. The number of rotatable bonds is 4. The lowest BCUT2D eigenvalue weighted by Crippen LogP contribution is -2.42. The van der Waals surface area contributed by atoms with Gasteiger partial charge in [-0.15, -0.1) is 0 Å². The van der Waals surface area contributed by atoms with Gasteiger partial charge in [0.15, 0.2) is 0 Å². The van der Waals surface area contributed by atoms with Crippen LogP contribution in [-0.4, -0.2) is 18.9 Å². The second-order valence-corrected chi connectivity index (χ2v) is 5.63. The number of methoxy groups -OCH3 is 1. The first-order valence-corrected chi connectivity index (χ1v) is 7.68. The lowest BCUT2D eigenvalue weighted by molar-refractivity contribution is -0.121. The normalized spacial score (nSPS) is 10.7. The lowest BCUT2D eigenvalue weighted by Gasteiger charge is -2.06. The quantitative estimate of drug-likeness (QED) is 0.711. The Hall–Kier alpha value is -3.22. The highest BCUT2D eigenvalue weighted by molar-refractivity contribution is 5.97. The Morgan fingerprint density at radius 3 is 2.64 bits per heavy atom. The van der Waals surface area contributed by atoms with Crippen LogP contribution in [0.3, 0.4) is 0 Å². The van der Waals surface area contributed by atoms with Crippen LogP contribution in [0.25, 0.3) is 11.0 Å². The molecule has 2 aromatic heterocycles. The number of hydrogen-bond donors (Lipinski definition) is 2. The number of aryl methyl sites for hydroxylation is 2.